The second-order valence-corrected chi connectivity index (χ2v) is 3.71. The van der Waals surface area contributed by atoms with E-state index >= 15 is 0 Å². The molecule has 3 heteroatoms. The van der Waals surface area contributed by atoms with E-state index in [-0.39, 0.29) is 0 Å². The Bertz CT molecular complexity index is 415. The Kier molecular flexibility index (Phi) is 2.92. The van der Waals surface area contributed by atoms with Gasteiger partial charge in [-0.05, 0) is 31.2 Å². The monoisotopic (exact) mass is 204 g/mol. The molecule has 1 N–H and O–H groups in total. The molecule has 0 aliphatic heterocycles. The highest BCUT2D eigenvalue weighted by molar-refractivity contribution is 5.14. The standard InChI is InChI=1S/C12H16N2O/c1-10-5-6-11(14(10)2)8-13-9-12-4-3-7-15-12/h3-7,13H,8-9H2,1-2H3. The van der Waals surface area contributed by atoms with Crippen LogP contribution in [0.4, 0.5) is 0 Å². The van der Waals surface area contributed by atoms with Gasteiger partial charge >= 0.3 is 0 Å². The van der Waals surface area contributed by atoms with Gasteiger partial charge in [-0.3, -0.25) is 0 Å². The maximum absolute atomic E-state index is 5.24. The van der Waals surface area contributed by atoms with Gasteiger partial charge in [-0.2, -0.15) is 0 Å². The molecular formula is C12H16N2O. The van der Waals surface area contributed by atoms with Gasteiger partial charge < -0.3 is 14.3 Å². The van der Waals surface area contributed by atoms with Gasteiger partial charge in [0, 0.05) is 25.0 Å². The van der Waals surface area contributed by atoms with Crippen molar-refractivity contribution in [3.05, 3.63) is 47.7 Å². The van der Waals surface area contributed by atoms with Crippen LogP contribution in [0, 0.1) is 6.92 Å². The Hall–Kier alpha value is -1.48. The molecule has 0 bridgehead atoms. The molecule has 0 aromatic carbocycles. The summed E-state index contributed by atoms with van der Waals surface area (Å²) in [5, 5.41) is 3.34. The van der Waals surface area contributed by atoms with E-state index in [9.17, 15) is 0 Å². The molecule has 2 aromatic heterocycles. The van der Waals surface area contributed by atoms with E-state index in [0.717, 1.165) is 18.8 Å². The first-order valence-corrected chi connectivity index (χ1v) is 5.11. The second-order valence-electron chi connectivity index (χ2n) is 3.71. The van der Waals surface area contributed by atoms with Gasteiger partial charge in [-0.1, -0.05) is 0 Å². The molecule has 0 radical (unpaired) electrons. The summed E-state index contributed by atoms with van der Waals surface area (Å²) in [5.74, 6) is 0.973. The molecule has 0 saturated carbocycles. The fourth-order valence-electron chi connectivity index (χ4n) is 1.57. The molecule has 0 aliphatic carbocycles. The summed E-state index contributed by atoms with van der Waals surface area (Å²) in [7, 11) is 2.08. The van der Waals surface area contributed by atoms with E-state index in [1.54, 1.807) is 6.26 Å². The lowest BCUT2D eigenvalue weighted by Crippen LogP contribution is -2.14. The molecule has 0 spiro atoms. The van der Waals surface area contributed by atoms with Gasteiger partial charge in [-0.15, -0.1) is 0 Å². The van der Waals surface area contributed by atoms with E-state index in [0.29, 0.717) is 0 Å². The van der Waals surface area contributed by atoms with Gasteiger partial charge in [0.25, 0.3) is 0 Å². The number of furan rings is 1. The zero-order valence-electron chi connectivity index (χ0n) is 9.16. The van der Waals surface area contributed by atoms with Crippen molar-refractivity contribution in [2.75, 3.05) is 0 Å². The quantitative estimate of drug-likeness (QED) is 0.827. The van der Waals surface area contributed by atoms with Gasteiger partial charge in [-0.25, -0.2) is 0 Å². The molecule has 0 amide bonds. The Morgan fingerprint density at radius 2 is 2.13 bits per heavy atom. The van der Waals surface area contributed by atoms with Crippen LogP contribution in [-0.2, 0) is 20.1 Å². The molecule has 0 saturated heterocycles. The van der Waals surface area contributed by atoms with Gasteiger partial charge in [0.1, 0.15) is 5.76 Å². The second kappa shape index (κ2) is 4.36. The van der Waals surface area contributed by atoms with E-state index in [2.05, 4.69) is 36.0 Å². The summed E-state index contributed by atoms with van der Waals surface area (Å²) in [6.45, 7) is 3.75. The Labute approximate surface area is 89.7 Å². The lowest BCUT2D eigenvalue weighted by Gasteiger charge is -2.05. The normalized spacial score (nSPS) is 10.8. The van der Waals surface area contributed by atoms with Crippen LogP contribution < -0.4 is 5.32 Å². The van der Waals surface area contributed by atoms with Crippen LogP contribution in [0.5, 0.6) is 0 Å². The molecule has 0 aliphatic rings. The van der Waals surface area contributed by atoms with Crippen molar-refractivity contribution in [2.24, 2.45) is 7.05 Å². The summed E-state index contributed by atoms with van der Waals surface area (Å²) in [5.41, 5.74) is 2.57. The van der Waals surface area contributed by atoms with Crippen molar-refractivity contribution in [3.8, 4) is 0 Å². The van der Waals surface area contributed by atoms with Crippen molar-refractivity contribution < 1.29 is 4.42 Å². The van der Waals surface area contributed by atoms with Crippen molar-refractivity contribution in [2.45, 2.75) is 20.0 Å². The number of hydrogen-bond acceptors (Lipinski definition) is 2. The van der Waals surface area contributed by atoms with Crippen LogP contribution in [0.3, 0.4) is 0 Å². The number of aromatic nitrogens is 1. The first-order valence-electron chi connectivity index (χ1n) is 5.11. The summed E-state index contributed by atoms with van der Waals surface area (Å²) in [6.07, 6.45) is 1.70. The van der Waals surface area contributed by atoms with E-state index in [1.165, 1.54) is 11.4 Å². The first kappa shape index (κ1) is 10.1. The molecule has 0 fully saturated rings. The third-order valence-electron chi connectivity index (χ3n) is 2.66. The molecule has 2 rings (SSSR count). The Morgan fingerprint density at radius 3 is 2.73 bits per heavy atom. The highest BCUT2D eigenvalue weighted by Gasteiger charge is 2.00. The summed E-state index contributed by atoms with van der Waals surface area (Å²) in [6, 6.07) is 8.15. The summed E-state index contributed by atoms with van der Waals surface area (Å²) in [4.78, 5) is 0. The van der Waals surface area contributed by atoms with Gasteiger partial charge in [0.05, 0.1) is 12.8 Å². The minimum Gasteiger partial charge on any atom is -0.468 e. The number of nitrogens with zero attached hydrogens (tertiary/aromatic N) is 1. The average molecular weight is 204 g/mol. The average Bonchev–Trinajstić information content (AvgIpc) is 2.83. The molecular weight excluding hydrogens is 188 g/mol. The molecule has 3 nitrogen and oxygen atoms in total. The molecule has 0 atom stereocenters. The van der Waals surface area contributed by atoms with Crippen LogP contribution >= 0.6 is 0 Å². The van der Waals surface area contributed by atoms with Crippen molar-refractivity contribution >= 4 is 0 Å². The number of rotatable bonds is 4. The van der Waals surface area contributed by atoms with Crippen molar-refractivity contribution in [1.29, 1.82) is 0 Å². The topological polar surface area (TPSA) is 30.1 Å². The van der Waals surface area contributed by atoms with Crippen LogP contribution in [0.15, 0.2) is 34.9 Å². The third kappa shape index (κ3) is 2.30. The number of aryl methyl sites for hydroxylation is 1. The maximum Gasteiger partial charge on any atom is 0.117 e. The molecule has 0 unspecified atom stereocenters. The predicted octanol–water partition coefficient (Wildman–Crippen LogP) is 2.22. The lowest BCUT2D eigenvalue weighted by molar-refractivity contribution is 0.480. The highest BCUT2D eigenvalue weighted by atomic mass is 16.3. The first-order chi connectivity index (χ1) is 7.27. The summed E-state index contributed by atoms with van der Waals surface area (Å²) >= 11 is 0. The van der Waals surface area contributed by atoms with E-state index < -0.39 is 0 Å². The van der Waals surface area contributed by atoms with Crippen LogP contribution in [0.2, 0.25) is 0 Å². The zero-order chi connectivity index (χ0) is 10.7. The van der Waals surface area contributed by atoms with Gasteiger partial charge in [0.2, 0.25) is 0 Å². The molecule has 80 valence electrons. The predicted molar refractivity (Wildman–Crippen MR) is 59.4 cm³/mol. The van der Waals surface area contributed by atoms with Crippen LogP contribution in [0.25, 0.3) is 0 Å². The summed E-state index contributed by atoms with van der Waals surface area (Å²) < 4.78 is 7.43. The number of nitrogens with one attached hydrogen (secondary N) is 1. The van der Waals surface area contributed by atoms with E-state index in [1.807, 2.05) is 12.1 Å². The van der Waals surface area contributed by atoms with Crippen LogP contribution in [-0.4, -0.2) is 4.57 Å². The SMILES string of the molecule is Cc1ccc(CNCc2ccco2)n1C. The van der Waals surface area contributed by atoms with Crippen molar-refractivity contribution in [3.63, 3.8) is 0 Å². The minimum absolute atomic E-state index is 0.775. The molecule has 15 heavy (non-hydrogen) atoms. The van der Waals surface area contributed by atoms with Crippen LogP contribution in [0.1, 0.15) is 17.1 Å². The molecule has 2 heterocycles. The third-order valence-corrected chi connectivity index (χ3v) is 2.66. The molecule has 2 aromatic rings. The minimum atomic E-state index is 0.775. The maximum atomic E-state index is 5.24. The van der Waals surface area contributed by atoms with Gasteiger partial charge in [0.15, 0.2) is 0 Å². The fourth-order valence-corrected chi connectivity index (χ4v) is 1.57. The lowest BCUT2D eigenvalue weighted by atomic mass is 10.4. The smallest absolute Gasteiger partial charge is 0.117 e. The number of hydrogen-bond donors (Lipinski definition) is 1. The fraction of sp³-hybridized carbons (Fsp3) is 0.333. The highest BCUT2D eigenvalue weighted by Crippen LogP contribution is 2.06. The van der Waals surface area contributed by atoms with E-state index in [4.69, 9.17) is 4.42 Å². The Morgan fingerprint density at radius 1 is 1.27 bits per heavy atom. The van der Waals surface area contributed by atoms with Crippen molar-refractivity contribution in [1.82, 2.24) is 9.88 Å². The largest absolute Gasteiger partial charge is 0.468 e. The zero-order valence-corrected chi connectivity index (χ0v) is 9.16. The Balaban J connectivity index is 1.86.